The molecule has 1 aromatic heterocycles. The number of rotatable bonds is 8. The highest BCUT2D eigenvalue weighted by Crippen LogP contribution is 2.27. The minimum absolute atomic E-state index is 0.0181. The Morgan fingerprint density at radius 2 is 2.33 bits per heavy atom. The van der Waals surface area contributed by atoms with E-state index in [-0.39, 0.29) is 5.75 Å². The molecule has 1 N–H and O–H groups in total. The van der Waals surface area contributed by atoms with Crippen molar-refractivity contribution in [2.45, 2.75) is 11.7 Å². The Balaban J connectivity index is 2.26. The number of aromatic nitrogens is 2. The summed E-state index contributed by atoms with van der Waals surface area (Å²) < 4.78 is 3.08. The molecule has 0 atom stereocenters. The number of carboxylic acids is 1. The van der Waals surface area contributed by atoms with E-state index in [9.17, 15) is 4.79 Å². The Hall–Kier alpha value is -0.920. The van der Waals surface area contributed by atoms with Gasteiger partial charge < -0.3 is 9.67 Å². The third kappa shape index (κ3) is 4.52. The number of aryl methyl sites for hydroxylation is 1. The van der Waals surface area contributed by atoms with Crippen LogP contribution in [0.25, 0.3) is 11.0 Å². The minimum Gasteiger partial charge on any atom is -0.481 e. The van der Waals surface area contributed by atoms with Crippen molar-refractivity contribution in [3.8, 4) is 0 Å². The Bertz CT molecular complexity index is 658. The summed E-state index contributed by atoms with van der Waals surface area (Å²) in [5.74, 6) is 1.03. The predicted octanol–water partition coefficient (Wildman–Crippen LogP) is 3.89. The summed E-state index contributed by atoms with van der Waals surface area (Å²) in [5, 5.41) is 9.60. The maximum absolute atomic E-state index is 10.8. The van der Waals surface area contributed by atoms with Crippen molar-refractivity contribution in [2.75, 3.05) is 17.3 Å². The molecule has 21 heavy (non-hydrogen) atoms. The van der Waals surface area contributed by atoms with Crippen LogP contribution in [0, 0.1) is 0 Å². The number of benzene rings is 1. The van der Waals surface area contributed by atoms with E-state index < -0.39 is 5.97 Å². The van der Waals surface area contributed by atoms with Crippen molar-refractivity contribution >= 4 is 56.5 Å². The van der Waals surface area contributed by atoms with Crippen LogP contribution in [0.3, 0.4) is 0 Å². The zero-order valence-corrected chi connectivity index (χ0v) is 14.5. The summed E-state index contributed by atoms with van der Waals surface area (Å²) >= 11 is 6.52. The van der Waals surface area contributed by atoms with E-state index in [1.54, 1.807) is 11.8 Å². The number of aliphatic carboxylic acids is 1. The lowest BCUT2D eigenvalue weighted by molar-refractivity contribution is -0.133. The minimum atomic E-state index is -0.833. The third-order valence-electron chi connectivity index (χ3n) is 2.69. The van der Waals surface area contributed by atoms with E-state index >= 15 is 0 Å². The summed E-state index contributed by atoms with van der Waals surface area (Å²) in [4.78, 5) is 15.3. The number of imidazole rings is 1. The van der Waals surface area contributed by atoms with Crippen molar-refractivity contribution in [1.29, 1.82) is 0 Å². The highest BCUT2D eigenvalue weighted by Gasteiger charge is 2.12. The van der Waals surface area contributed by atoms with Gasteiger partial charge in [-0.05, 0) is 18.2 Å². The monoisotopic (exact) mass is 386 g/mol. The SMILES string of the molecule is C=CCSCCn1c(SCC(=O)O)nc2ccc(Br)cc21. The molecule has 0 bridgehead atoms. The molecule has 0 amide bonds. The van der Waals surface area contributed by atoms with Crippen molar-refractivity contribution in [1.82, 2.24) is 9.55 Å². The van der Waals surface area contributed by atoms with Gasteiger partial charge in [0.2, 0.25) is 0 Å². The van der Waals surface area contributed by atoms with Gasteiger partial charge in [-0.15, -0.1) is 6.58 Å². The van der Waals surface area contributed by atoms with Crippen LogP contribution < -0.4 is 0 Å². The van der Waals surface area contributed by atoms with Crippen molar-refractivity contribution in [2.24, 2.45) is 0 Å². The van der Waals surface area contributed by atoms with Crippen molar-refractivity contribution < 1.29 is 9.90 Å². The van der Waals surface area contributed by atoms with Crippen molar-refractivity contribution in [3.05, 3.63) is 35.3 Å². The normalized spacial score (nSPS) is 10.9. The van der Waals surface area contributed by atoms with E-state index in [1.807, 2.05) is 24.3 Å². The number of halogens is 1. The van der Waals surface area contributed by atoms with Crippen LogP contribution in [0.4, 0.5) is 0 Å². The standard InChI is InChI=1S/C14H15BrN2O2S2/c1-2-6-20-7-5-17-12-8-10(15)3-4-11(12)16-14(17)21-9-13(18)19/h2-4,8H,1,5-7,9H2,(H,18,19). The van der Waals surface area contributed by atoms with E-state index in [2.05, 4.69) is 32.1 Å². The first kappa shape index (κ1) is 16.5. The summed E-state index contributed by atoms with van der Waals surface area (Å²) in [6, 6.07) is 5.90. The molecule has 1 aromatic carbocycles. The van der Waals surface area contributed by atoms with Gasteiger partial charge in [-0.1, -0.05) is 33.8 Å². The van der Waals surface area contributed by atoms with Gasteiger partial charge in [-0.2, -0.15) is 11.8 Å². The number of carbonyl (C=O) groups is 1. The summed E-state index contributed by atoms with van der Waals surface area (Å²) in [7, 11) is 0. The molecule has 0 aliphatic rings. The molecular formula is C14H15BrN2O2S2. The first-order valence-electron chi connectivity index (χ1n) is 6.31. The predicted molar refractivity (Wildman–Crippen MR) is 93.3 cm³/mol. The fourth-order valence-corrected chi connectivity index (χ4v) is 3.60. The fraction of sp³-hybridized carbons (Fsp3) is 0.286. The Morgan fingerprint density at radius 3 is 3.05 bits per heavy atom. The molecule has 0 saturated heterocycles. The molecule has 112 valence electrons. The van der Waals surface area contributed by atoms with Crippen LogP contribution in [0.15, 0.2) is 40.5 Å². The third-order valence-corrected chi connectivity index (χ3v) is 5.09. The van der Waals surface area contributed by atoms with Gasteiger partial charge in [0.1, 0.15) is 0 Å². The molecule has 0 unspecified atom stereocenters. The first-order valence-corrected chi connectivity index (χ1v) is 9.24. The lowest BCUT2D eigenvalue weighted by Crippen LogP contribution is -2.05. The molecule has 1 heterocycles. The maximum atomic E-state index is 10.8. The molecule has 2 rings (SSSR count). The fourth-order valence-electron chi connectivity index (χ4n) is 1.85. The summed E-state index contributed by atoms with van der Waals surface area (Å²) in [5.41, 5.74) is 1.91. The van der Waals surface area contributed by atoms with Gasteiger partial charge in [-0.3, -0.25) is 4.79 Å². The number of hydrogen-bond acceptors (Lipinski definition) is 4. The number of thioether (sulfide) groups is 2. The molecule has 0 spiro atoms. The average Bonchev–Trinajstić information content (AvgIpc) is 2.78. The average molecular weight is 387 g/mol. The smallest absolute Gasteiger partial charge is 0.313 e. The summed E-state index contributed by atoms with van der Waals surface area (Å²) in [6.45, 7) is 4.51. The highest BCUT2D eigenvalue weighted by atomic mass is 79.9. The van der Waals surface area contributed by atoms with E-state index in [1.165, 1.54) is 11.8 Å². The first-order chi connectivity index (χ1) is 10.1. The quantitative estimate of drug-likeness (QED) is 0.423. The van der Waals surface area contributed by atoms with Gasteiger partial charge in [0.05, 0.1) is 16.8 Å². The van der Waals surface area contributed by atoms with Crippen LogP contribution in [0.1, 0.15) is 0 Å². The molecule has 0 saturated carbocycles. The van der Waals surface area contributed by atoms with Gasteiger partial charge in [-0.25, -0.2) is 4.98 Å². The van der Waals surface area contributed by atoms with E-state index in [0.717, 1.165) is 38.7 Å². The summed E-state index contributed by atoms with van der Waals surface area (Å²) in [6.07, 6.45) is 1.88. The lowest BCUT2D eigenvalue weighted by Gasteiger charge is -2.07. The van der Waals surface area contributed by atoms with Crippen LogP contribution in [0.5, 0.6) is 0 Å². The van der Waals surface area contributed by atoms with Gasteiger partial charge in [0.25, 0.3) is 0 Å². The van der Waals surface area contributed by atoms with Crippen molar-refractivity contribution in [3.63, 3.8) is 0 Å². The second-order valence-electron chi connectivity index (χ2n) is 4.23. The number of nitrogens with zero attached hydrogens (tertiary/aromatic N) is 2. The molecular weight excluding hydrogens is 372 g/mol. The molecule has 0 fully saturated rings. The van der Waals surface area contributed by atoms with E-state index in [4.69, 9.17) is 5.11 Å². The molecule has 7 heteroatoms. The second-order valence-corrected chi connectivity index (χ2v) is 7.23. The van der Waals surface area contributed by atoms with Gasteiger partial charge in [0.15, 0.2) is 5.16 Å². The van der Waals surface area contributed by atoms with Crippen LogP contribution in [0.2, 0.25) is 0 Å². The van der Waals surface area contributed by atoms with Crippen LogP contribution in [-0.2, 0) is 11.3 Å². The Labute approximate surface area is 140 Å². The zero-order valence-electron chi connectivity index (χ0n) is 11.3. The Morgan fingerprint density at radius 1 is 1.52 bits per heavy atom. The van der Waals surface area contributed by atoms with Gasteiger partial charge >= 0.3 is 5.97 Å². The van der Waals surface area contributed by atoms with Crippen LogP contribution >= 0.6 is 39.5 Å². The topological polar surface area (TPSA) is 55.1 Å². The number of fused-ring (bicyclic) bond motifs is 1. The largest absolute Gasteiger partial charge is 0.481 e. The Kier molecular flexibility index (Phi) is 6.20. The zero-order chi connectivity index (χ0) is 15.2. The lowest BCUT2D eigenvalue weighted by atomic mass is 10.3. The molecule has 0 aliphatic heterocycles. The van der Waals surface area contributed by atoms with Crippen LogP contribution in [-0.4, -0.2) is 37.9 Å². The molecule has 4 nitrogen and oxygen atoms in total. The highest BCUT2D eigenvalue weighted by molar-refractivity contribution is 9.10. The van der Waals surface area contributed by atoms with E-state index in [0.29, 0.717) is 0 Å². The second kappa shape index (κ2) is 7.91. The molecule has 0 radical (unpaired) electrons. The van der Waals surface area contributed by atoms with Gasteiger partial charge in [0, 0.05) is 22.5 Å². The number of carboxylic acid groups (broad SMARTS) is 1. The molecule has 0 aliphatic carbocycles. The molecule has 2 aromatic rings. The maximum Gasteiger partial charge on any atom is 0.313 e. The number of hydrogen-bond donors (Lipinski definition) is 1.